The van der Waals surface area contributed by atoms with E-state index in [1.165, 1.54) is 0 Å². The molecule has 2 fully saturated rings. The molecule has 1 aliphatic carbocycles. The fourth-order valence-corrected chi connectivity index (χ4v) is 3.33. The summed E-state index contributed by atoms with van der Waals surface area (Å²) < 4.78 is 0. The normalized spacial score (nSPS) is 25.1. The molecule has 7 nitrogen and oxygen atoms in total. The zero-order valence-electron chi connectivity index (χ0n) is 13.9. The summed E-state index contributed by atoms with van der Waals surface area (Å²) in [7, 11) is 0. The van der Waals surface area contributed by atoms with Gasteiger partial charge in [-0.3, -0.25) is 14.4 Å². The molecule has 0 aromatic heterocycles. The Labute approximate surface area is 137 Å². The number of carbonyl (C=O) groups is 3. The van der Waals surface area contributed by atoms with Crippen molar-refractivity contribution in [3.8, 4) is 0 Å². The van der Waals surface area contributed by atoms with Crippen LogP contribution in [0.1, 0.15) is 39.0 Å². The number of carbonyl (C=O) groups excluding carboxylic acids is 3. The molecule has 0 spiro atoms. The molecule has 2 aliphatic rings. The quantitative estimate of drug-likeness (QED) is 0.742. The first kappa shape index (κ1) is 17.7. The van der Waals surface area contributed by atoms with Gasteiger partial charge < -0.3 is 20.9 Å². The van der Waals surface area contributed by atoms with Crippen LogP contribution in [0.3, 0.4) is 0 Å². The molecule has 0 radical (unpaired) electrons. The number of hydrogen-bond donors (Lipinski definition) is 2. The highest BCUT2D eigenvalue weighted by Gasteiger charge is 2.26. The van der Waals surface area contributed by atoms with Crippen molar-refractivity contribution in [2.45, 2.75) is 45.1 Å². The van der Waals surface area contributed by atoms with Gasteiger partial charge in [-0.25, -0.2) is 0 Å². The fourth-order valence-electron chi connectivity index (χ4n) is 3.33. The fraction of sp³-hybridized carbons (Fsp3) is 0.812. The maximum atomic E-state index is 12.1. The minimum Gasteiger partial charge on any atom is -0.355 e. The molecule has 130 valence electrons. The van der Waals surface area contributed by atoms with Gasteiger partial charge in [-0.05, 0) is 19.3 Å². The lowest BCUT2D eigenvalue weighted by Gasteiger charge is -2.34. The van der Waals surface area contributed by atoms with Gasteiger partial charge in [0.2, 0.25) is 17.7 Å². The number of piperazine rings is 1. The van der Waals surface area contributed by atoms with Crippen molar-refractivity contribution >= 4 is 17.7 Å². The summed E-state index contributed by atoms with van der Waals surface area (Å²) >= 11 is 0. The molecule has 3 amide bonds. The van der Waals surface area contributed by atoms with E-state index in [9.17, 15) is 14.4 Å². The summed E-state index contributed by atoms with van der Waals surface area (Å²) in [4.78, 5) is 39.0. The Kier molecular flexibility index (Phi) is 6.38. The van der Waals surface area contributed by atoms with E-state index in [0.29, 0.717) is 39.1 Å². The van der Waals surface area contributed by atoms with Crippen LogP contribution in [0.15, 0.2) is 0 Å². The van der Waals surface area contributed by atoms with Gasteiger partial charge >= 0.3 is 0 Å². The Morgan fingerprint density at radius 1 is 1.09 bits per heavy atom. The third-order valence-electron chi connectivity index (χ3n) is 4.80. The lowest BCUT2D eigenvalue weighted by atomic mass is 9.85. The highest BCUT2D eigenvalue weighted by Crippen LogP contribution is 2.23. The summed E-state index contributed by atoms with van der Waals surface area (Å²) in [6.07, 6.45) is 3.94. The standard InChI is InChI=1S/C16H28N4O3/c1-12(21)19-7-9-20(10-8-19)15(22)5-6-18-16(23)13-3-2-4-14(17)11-13/h13-14H,2-11,17H2,1H3,(H,18,23). The minimum absolute atomic E-state index is 0.00652. The molecular weight excluding hydrogens is 296 g/mol. The van der Waals surface area contributed by atoms with E-state index >= 15 is 0 Å². The molecule has 0 bridgehead atoms. The molecule has 1 saturated heterocycles. The van der Waals surface area contributed by atoms with Crippen molar-refractivity contribution in [1.82, 2.24) is 15.1 Å². The van der Waals surface area contributed by atoms with Gasteiger partial charge in [-0.1, -0.05) is 6.42 Å². The number of nitrogens with two attached hydrogens (primary N) is 1. The molecule has 3 N–H and O–H groups in total. The highest BCUT2D eigenvalue weighted by molar-refractivity contribution is 5.81. The van der Waals surface area contributed by atoms with Crippen LogP contribution in [-0.4, -0.2) is 66.3 Å². The molecule has 0 aromatic carbocycles. The largest absolute Gasteiger partial charge is 0.355 e. The van der Waals surface area contributed by atoms with Gasteiger partial charge in [-0.15, -0.1) is 0 Å². The monoisotopic (exact) mass is 324 g/mol. The number of nitrogens with zero attached hydrogens (tertiary/aromatic N) is 2. The first-order valence-electron chi connectivity index (χ1n) is 8.54. The van der Waals surface area contributed by atoms with Crippen molar-refractivity contribution in [3.63, 3.8) is 0 Å². The van der Waals surface area contributed by atoms with Crippen LogP contribution in [0, 0.1) is 5.92 Å². The molecule has 2 unspecified atom stereocenters. The third-order valence-corrected chi connectivity index (χ3v) is 4.80. The van der Waals surface area contributed by atoms with E-state index < -0.39 is 0 Å². The van der Waals surface area contributed by atoms with Crippen LogP contribution in [0.2, 0.25) is 0 Å². The van der Waals surface area contributed by atoms with Crippen molar-refractivity contribution in [2.24, 2.45) is 11.7 Å². The number of nitrogens with one attached hydrogen (secondary N) is 1. The second-order valence-electron chi connectivity index (χ2n) is 6.55. The van der Waals surface area contributed by atoms with Gasteiger partial charge in [-0.2, -0.15) is 0 Å². The molecular formula is C16H28N4O3. The first-order chi connectivity index (χ1) is 11.0. The first-order valence-corrected chi connectivity index (χ1v) is 8.54. The van der Waals surface area contributed by atoms with Crippen LogP contribution < -0.4 is 11.1 Å². The lowest BCUT2D eigenvalue weighted by Crippen LogP contribution is -2.50. The Hall–Kier alpha value is -1.63. The molecule has 1 heterocycles. The molecule has 1 saturated carbocycles. The third kappa shape index (κ3) is 5.20. The topological polar surface area (TPSA) is 95.7 Å². The van der Waals surface area contributed by atoms with E-state index in [2.05, 4.69) is 5.32 Å². The average molecular weight is 324 g/mol. The summed E-state index contributed by atoms with van der Waals surface area (Å²) in [6.45, 7) is 4.25. The maximum Gasteiger partial charge on any atom is 0.224 e. The van der Waals surface area contributed by atoms with Crippen molar-refractivity contribution < 1.29 is 14.4 Å². The molecule has 23 heavy (non-hydrogen) atoms. The van der Waals surface area contributed by atoms with Crippen molar-refractivity contribution in [2.75, 3.05) is 32.7 Å². The Balaban J connectivity index is 1.65. The molecule has 1 aliphatic heterocycles. The van der Waals surface area contributed by atoms with Crippen molar-refractivity contribution in [3.05, 3.63) is 0 Å². The van der Waals surface area contributed by atoms with Gasteiger partial charge in [0.1, 0.15) is 0 Å². The second kappa shape index (κ2) is 8.29. The van der Waals surface area contributed by atoms with E-state index in [4.69, 9.17) is 5.73 Å². The molecule has 2 rings (SSSR count). The predicted octanol–water partition coefficient (Wildman–Crippen LogP) is -0.299. The summed E-state index contributed by atoms with van der Waals surface area (Å²) in [6, 6.07) is 0.124. The van der Waals surface area contributed by atoms with Gasteiger partial charge in [0.25, 0.3) is 0 Å². The van der Waals surface area contributed by atoms with Crippen LogP contribution in [0.5, 0.6) is 0 Å². The van der Waals surface area contributed by atoms with Gasteiger partial charge in [0, 0.05) is 58.0 Å². The number of rotatable bonds is 4. The van der Waals surface area contributed by atoms with Gasteiger partial charge in [0.15, 0.2) is 0 Å². The van der Waals surface area contributed by atoms with Crippen molar-refractivity contribution in [1.29, 1.82) is 0 Å². The summed E-state index contributed by atoms with van der Waals surface area (Å²) in [5.41, 5.74) is 5.90. The SMILES string of the molecule is CC(=O)N1CCN(C(=O)CCNC(=O)C2CCCC(N)C2)CC1. The lowest BCUT2D eigenvalue weighted by molar-refractivity contribution is -0.138. The zero-order valence-corrected chi connectivity index (χ0v) is 13.9. The van der Waals surface area contributed by atoms with Gasteiger partial charge in [0.05, 0.1) is 0 Å². The molecule has 7 heteroatoms. The summed E-state index contributed by atoms with van der Waals surface area (Å²) in [5.74, 6) is 0.103. The summed E-state index contributed by atoms with van der Waals surface area (Å²) in [5, 5.41) is 2.86. The smallest absolute Gasteiger partial charge is 0.224 e. The number of amides is 3. The van der Waals surface area contributed by atoms with Crippen LogP contribution in [0.4, 0.5) is 0 Å². The molecule has 2 atom stereocenters. The Morgan fingerprint density at radius 3 is 2.35 bits per heavy atom. The minimum atomic E-state index is -0.00652. The number of hydrogen-bond acceptors (Lipinski definition) is 4. The zero-order chi connectivity index (χ0) is 16.8. The Bertz CT molecular complexity index is 447. The highest BCUT2D eigenvalue weighted by atomic mass is 16.2. The maximum absolute atomic E-state index is 12.1. The predicted molar refractivity (Wildman–Crippen MR) is 86.4 cm³/mol. The van der Waals surface area contributed by atoms with E-state index in [0.717, 1.165) is 25.7 Å². The van der Waals surface area contributed by atoms with E-state index in [1.54, 1.807) is 16.7 Å². The second-order valence-corrected chi connectivity index (χ2v) is 6.55. The Morgan fingerprint density at radius 2 is 1.74 bits per heavy atom. The van der Waals surface area contributed by atoms with E-state index in [-0.39, 0.29) is 29.7 Å². The molecule has 0 aromatic rings. The van der Waals surface area contributed by atoms with Crippen LogP contribution in [0.25, 0.3) is 0 Å². The average Bonchev–Trinajstić information content (AvgIpc) is 2.54. The van der Waals surface area contributed by atoms with E-state index in [1.807, 2.05) is 0 Å². The van der Waals surface area contributed by atoms with Crippen LogP contribution in [-0.2, 0) is 14.4 Å². The van der Waals surface area contributed by atoms with Crippen LogP contribution >= 0.6 is 0 Å².